The highest BCUT2D eigenvalue weighted by molar-refractivity contribution is 5.67. The number of alkyl halides is 6. The van der Waals surface area contributed by atoms with Crippen LogP contribution in [0.1, 0.15) is 60.1 Å². The van der Waals surface area contributed by atoms with Crippen LogP contribution in [0.15, 0.2) is 66.9 Å². The second-order valence-corrected chi connectivity index (χ2v) is 10.5. The van der Waals surface area contributed by atoms with Crippen LogP contribution in [0.3, 0.4) is 0 Å². The Morgan fingerprint density at radius 3 is 2.10 bits per heavy atom. The van der Waals surface area contributed by atoms with E-state index < -0.39 is 47.5 Å². The molecule has 2 unspecified atom stereocenters. The first kappa shape index (κ1) is 29.2. The van der Waals surface area contributed by atoms with Crippen LogP contribution in [-0.4, -0.2) is 34.6 Å². The minimum Gasteiger partial charge on any atom is -0.369 e. The van der Waals surface area contributed by atoms with Gasteiger partial charge < -0.3 is 4.74 Å². The Morgan fingerprint density at radius 1 is 0.902 bits per heavy atom. The molecule has 0 radical (unpaired) electrons. The van der Waals surface area contributed by atoms with Crippen molar-refractivity contribution in [2.75, 3.05) is 6.54 Å². The van der Waals surface area contributed by atoms with Gasteiger partial charge in [0, 0.05) is 30.7 Å². The van der Waals surface area contributed by atoms with Gasteiger partial charge in [0.25, 0.3) is 0 Å². The highest BCUT2D eigenvalue weighted by Gasteiger charge is 2.47. The first-order valence-corrected chi connectivity index (χ1v) is 13.0. The SMILES string of the molecule is CC1C=C(c2ccc(F)nc2)C[C@H]2C(c3ccc(F)cc3)[C@@H](O[C@H](C)c3cc(C(F)(F)F)cc(C(F)(F)F)c3)CN12. The molecule has 1 saturated heterocycles. The van der Waals surface area contributed by atoms with E-state index in [1.807, 2.05) is 13.0 Å². The van der Waals surface area contributed by atoms with E-state index in [-0.39, 0.29) is 29.6 Å². The predicted octanol–water partition coefficient (Wildman–Crippen LogP) is 8.19. The summed E-state index contributed by atoms with van der Waals surface area (Å²) in [6, 6.07) is 9.84. The Morgan fingerprint density at radius 2 is 1.54 bits per heavy atom. The average molecular weight is 583 g/mol. The molecule has 0 bridgehead atoms. The van der Waals surface area contributed by atoms with Gasteiger partial charge >= 0.3 is 12.4 Å². The third-order valence-corrected chi connectivity index (χ3v) is 7.84. The van der Waals surface area contributed by atoms with Gasteiger partial charge in [0.05, 0.1) is 23.3 Å². The number of hydrogen-bond acceptors (Lipinski definition) is 3. The van der Waals surface area contributed by atoms with Crippen molar-refractivity contribution in [2.24, 2.45) is 0 Å². The van der Waals surface area contributed by atoms with Crippen molar-refractivity contribution >= 4 is 5.57 Å². The smallest absolute Gasteiger partial charge is 0.369 e. The molecule has 218 valence electrons. The molecule has 5 rings (SSSR count). The Hall–Kier alpha value is -3.31. The number of hydrogen-bond donors (Lipinski definition) is 0. The second-order valence-electron chi connectivity index (χ2n) is 10.5. The molecular formula is C30H26F8N2O. The maximum absolute atomic E-state index is 13.8. The third kappa shape index (κ3) is 6.16. The number of halogens is 8. The standard InChI is InChI=1S/C30H26F8N2O/c1-16-9-21(19-5-8-27(32)39-14-19)12-25-28(18-3-6-24(31)7-4-18)26(15-40(16)25)41-17(2)20-10-22(29(33,34)35)13-23(11-20)30(36,37)38/h3-11,13-14,16-17,25-26,28H,12,15H2,1-2H3/t16?,17-,25+,26+,28?/m1/s1. The Kier molecular flexibility index (Phi) is 7.71. The van der Waals surface area contributed by atoms with Crippen molar-refractivity contribution < 1.29 is 39.9 Å². The van der Waals surface area contributed by atoms with Gasteiger partial charge in [-0.15, -0.1) is 0 Å². The van der Waals surface area contributed by atoms with Gasteiger partial charge in [-0.25, -0.2) is 9.37 Å². The van der Waals surface area contributed by atoms with Crippen LogP contribution in [0.2, 0.25) is 0 Å². The maximum atomic E-state index is 13.8. The van der Waals surface area contributed by atoms with Crippen LogP contribution in [0, 0.1) is 11.8 Å². The second kappa shape index (κ2) is 10.8. The first-order chi connectivity index (χ1) is 19.2. The molecule has 0 saturated carbocycles. The van der Waals surface area contributed by atoms with Crippen LogP contribution in [-0.2, 0) is 17.1 Å². The molecule has 0 N–H and O–H groups in total. The van der Waals surface area contributed by atoms with Crippen molar-refractivity contribution in [2.45, 2.75) is 62.8 Å². The van der Waals surface area contributed by atoms with E-state index in [1.54, 1.807) is 18.2 Å². The number of rotatable bonds is 5. The van der Waals surface area contributed by atoms with Crippen LogP contribution in [0.4, 0.5) is 35.1 Å². The first-order valence-electron chi connectivity index (χ1n) is 13.0. The number of pyridine rings is 1. The van der Waals surface area contributed by atoms with Gasteiger partial charge in [0.2, 0.25) is 5.95 Å². The molecule has 3 aromatic rings. The summed E-state index contributed by atoms with van der Waals surface area (Å²) in [5.41, 5.74) is -0.697. The topological polar surface area (TPSA) is 25.4 Å². The monoisotopic (exact) mass is 582 g/mol. The van der Waals surface area contributed by atoms with Gasteiger partial charge in [-0.2, -0.15) is 30.7 Å². The lowest BCUT2D eigenvalue weighted by Crippen LogP contribution is -2.41. The lowest BCUT2D eigenvalue weighted by atomic mass is 9.83. The van der Waals surface area contributed by atoms with E-state index in [0.717, 1.165) is 16.7 Å². The Labute approximate surface area is 231 Å². The molecule has 0 spiro atoms. The van der Waals surface area contributed by atoms with Crippen molar-refractivity contribution in [1.82, 2.24) is 9.88 Å². The number of benzene rings is 2. The highest BCUT2D eigenvalue weighted by Crippen LogP contribution is 2.46. The van der Waals surface area contributed by atoms with Crippen molar-refractivity contribution in [3.63, 3.8) is 0 Å². The van der Waals surface area contributed by atoms with E-state index in [2.05, 4.69) is 9.88 Å². The van der Waals surface area contributed by atoms with Gasteiger partial charge in [-0.05, 0) is 85.0 Å². The number of nitrogens with zero attached hydrogens (tertiary/aromatic N) is 2. The summed E-state index contributed by atoms with van der Waals surface area (Å²) in [5.74, 6) is -1.45. The average Bonchev–Trinajstić information content (AvgIpc) is 3.26. The molecule has 0 amide bonds. The molecule has 1 aromatic heterocycles. The van der Waals surface area contributed by atoms with Crippen molar-refractivity contribution in [1.29, 1.82) is 0 Å². The Balaban J connectivity index is 1.49. The molecule has 5 atom stereocenters. The van der Waals surface area contributed by atoms with Gasteiger partial charge in [0.15, 0.2) is 0 Å². The number of ether oxygens (including phenoxy) is 1. The molecule has 1 fully saturated rings. The summed E-state index contributed by atoms with van der Waals surface area (Å²) < 4.78 is 114. The van der Waals surface area contributed by atoms with E-state index >= 15 is 0 Å². The normalized spacial score (nSPS) is 24.2. The van der Waals surface area contributed by atoms with Crippen LogP contribution < -0.4 is 0 Å². The van der Waals surface area contributed by atoms with E-state index in [0.29, 0.717) is 25.1 Å². The fraction of sp³-hybridized carbons (Fsp3) is 0.367. The van der Waals surface area contributed by atoms with E-state index in [9.17, 15) is 35.1 Å². The largest absolute Gasteiger partial charge is 0.416 e. The lowest BCUT2D eigenvalue weighted by Gasteiger charge is -2.37. The molecule has 2 aliphatic heterocycles. The number of aromatic nitrogens is 1. The molecule has 11 heteroatoms. The highest BCUT2D eigenvalue weighted by atomic mass is 19.4. The molecule has 3 nitrogen and oxygen atoms in total. The molecule has 2 aliphatic rings. The lowest BCUT2D eigenvalue weighted by molar-refractivity contribution is -0.143. The molecular weight excluding hydrogens is 556 g/mol. The summed E-state index contributed by atoms with van der Waals surface area (Å²) >= 11 is 0. The van der Waals surface area contributed by atoms with Gasteiger partial charge in [-0.3, -0.25) is 4.90 Å². The van der Waals surface area contributed by atoms with Crippen LogP contribution in [0.25, 0.3) is 5.57 Å². The molecule has 0 aliphatic carbocycles. The quantitative estimate of drug-likeness (QED) is 0.224. The van der Waals surface area contributed by atoms with Crippen molar-refractivity contribution in [3.05, 3.63) is 106 Å². The zero-order valence-corrected chi connectivity index (χ0v) is 22.0. The van der Waals surface area contributed by atoms with Gasteiger partial charge in [0.1, 0.15) is 5.82 Å². The predicted molar refractivity (Wildman–Crippen MR) is 136 cm³/mol. The zero-order valence-electron chi connectivity index (χ0n) is 22.0. The van der Waals surface area contributed by atoms with Crippen molar-refractivity contribution in [3.8, 4) is 0 Å². The van der Waals surface area contributed by atoms with Gasteiger partial charge in [-0.1, -0.05) is 18.2 Å². The van der Waals surface area contributed by atoms with Crippen LogP contribution >= 0.6 is 0 Å². The fourth-order valence-electron chi connectivity index (χ4n) is 5.89. The fourth-order valence-corrected chi connectivity index (χ4v) is 5.89. The number of fused-ring (bicyclic) bond motifs is 1. The molecule has 41 heavy (non-hydrogen) atoms. The summed E-state index contributed by atoms with van der Waals surface area (Å²) in [6.07, 6.45) is -7.76. The maximum Gasteiger partial charge on any atom is 0.416 e. The summed E-state index contributed by atoms with van der Waals surface area (Å²) in [4.78, 5) is 5.89. The summed E-state index contributed by atoms with van der Waals surface area (Å²) in [5, 5.41) is 0. The molecule has 2 aromatic carbocycles. The Bertz CT molecular complexity index is 1380. The van der Waals surface area contributed by atoms with E-state index in [4.69, 9.17) is 4.74 Å². The minimum atomic E-state index is -4.98. The third-order valence-electron chi connectivity index (χ3n) is 7.84. The van der Waals surface area contributed by atoms with E-state index in [1.165, 1.54) is 31.3 Å². The zero-order chi connectivity index (χ0) is 29.7. The summed E-state index contributed by atoms with van der Waals surface area (Å²) in [7, 11) is 0. The minimum absolute atomic E-state index is 0.0898. The van der Waals surface area contributed by atoms with Crippen LogP contribution in [0.5, 0.6) is 0 Å². The summed E-state index contributed by atoms with van der Waals surface area (Å²) in [6.45, 7) is 3.72. The molecule has 3 heterocycles.